The van der Waals surface area contributed by atoms with Gasteiger partial charge in [-0.2, -0.15) is 0 Å². The van der Waals surface area contributed by atoms with Crippen molar-refractivity contribution >= 4 is 17.3 Å². The quantitative estimate of drug-likeness (QED) is 0.857. The van der Waals surface area contributed by atoms with Crippen molar-refractivity contribution < 1.29 is 9.53 Å². The van der Waals surface area contributed by atoms with E-state index in [0.29, 0.717) is 19.1 Å². The summed E-state index contributed by atoms with van der Waals surface area (Å²) in [6.07, 6.45) is 2.65. The Morgan fingerprint density at radius 1 is 1.37 bits per heavy atom. The zero-order valence-electron chi connectivity index (χ0n) is 11.7. The first-order chi connectivity index (χ1) is 9.24. The third-order valence-electron chi connectivity index (χ3n) is 3.48. The molecule has 1 atom stereocenters. The summed E-state index contributed by atoms with van der Waals surface area (Å²) in [6, 6.07) is 8.39. The summed E-state index contributed by atoms with van der Waals surface area (Å²) in [5.74, 6) is 0.228. The summed E-state index contributed by atoms with van der Waals surface area (Å²) < 4.78 is 5.17. The molecule has 0 aliphatic carbocycles. The minimum atomic E-state index is 0.228. The normalized spacial score (nSPS) is 16.7. The van der Waals surface area contributed by atoms with Crippen molar-refractivity contribution in [1.29, 1.82) is 0 Å². The second-order valence-electron chi connectivity index (χ2n) is 4.90. The van der Waals surface area contributed by atoms with Crippen molar-refractivity contribution in [2.75, 3.05) is 30.5 Å². The predicted molar refractivity (Wildman–Crippen MR) is 77.6 cm³/mol. The van der Waals surface area contributed by atoms with Crippen LogP contribution in [0.15, 0.2) is 24.3 Å². The van der Waals surface area contributed by atoms with Gasteiger partial charge in [-0.3, -0.25) is 4.79 Å². The lowest BCUT2D eigenvalue weighted by Crippen LogP contribution is -2.25. The molecule has 1 aliphatic rings. The second-order valence-corrected chi connectivity index (χ2v) is 4.90. The van der Waals surface area contributed by atoms with Gasteiger partial charge in [0.05, 0.1) is 6.61 Å². The summed E-state index contributed by atoms with van der Waals surface area (Å²) in [4.78, 5) is 13.5. The van der Waals surface area contributed by atoms with Crippen molar-refractivity contribution in [3.05, 3.63) is 24.3 Å². The molecule has 1 amide bonds. The van der Waals surface area contributed by atoms with Gasteiger partial charge in [-0.05, 0) is 37.1 Å². The Balaban J connectivity index is 1.99. The number of benzene rings is 1. The molecule has 4 heteroatoms. The summed E-state index contributed by atoms with van der Waals surface area (Å²) in [5, 5.41) is 3.43. The van der Waals surface area contributed by atoms with Crippen molar-refractivity contribution in [2.24, 2.45) is 0 Å². The Labute approximate surface area is 114 Å². The maximum atomic E-state index is 11.7. The van der Waals surface area contributed by atoms with Crippen LogP contribution in [0.1, 0.15) is 26.2 Å². The second kappa shape index (κ2) is 6.57. The number of carbonyl (C=O) groups is 1. The Morgan fingerprint density at radius 2 is 2.11 bits per heavy atom. The van der Waals surface area contributed by atoms with E-state index in [0.717, 1.165) is 30.8 Å². The van der Waals surface area contributed by atoms with Crippen LogP contribution in [-0.4, -0.2) is 32.2 Å². The van der Waals surface area contributed by atoms with E-state index in [4.69, 9.17) is 4.74 Å². The van der Waals surface area contributed by atoms with Crippen LogP contribution >= 0.6 is 0 Å². The van der Waals surface area contributed by atoms with E-state index < -0.39 is 0 Å². The van der Waals surface area contributed by atoms with Crippen LogP contribution in [0.5, 0.6) is 0 Å². The van der Waals surface area contributed by atoms with Crippen molar-refractivity contribution in [3.8, 4) is 0 Å². The van der Waals surface area contributed by atoms with Gasteiger partial charge in [-0.25, -0.2) is 0 Å². The highest BCUT2D eigenvalue weighted by atomic mass is 16.5. The fourth-order valence-electron chi connectivity index (χ4n) is 2.36. The smallest absolute Gasteiger partial charge is 0.227 e. The molecule has 1 aromatic carbocycles. The maximum Gasteiger partial charge on any atom is 0.227 e. The fraction of sp³-hybridized carbons (Fsp3) is 0.533. The molecule has 1 unspecified atom stereocenters. The molecular weight excluding hydrogens is 240 g/mol. The minimum absolute atomic E-state index is 0.228. The molecule has 1 heterocycles. The Kier molecular flexibility index (Phi) is 4.80. The highest BCUT2D eigenvalue weighted by Gasteiger charge is 2.21. The number of hydrogen-bond acceptors (Lipinski definition) is 3. The van der Waals surface area contributed by atoms with Crippen molar-refractivity contribution in [2.45, 2.75) is 32.2 Å². The Bertz CT molecular complexity index is 417. The molecular formula is C15H22N2O2. The number of nitrogens with one attached hydrogen (secondary N) is 1. The molecule has 1 fully saturated rings. The van der Waals surface area contributed by atoms with Gasteiger partial charge in [0.2, 0.25) is 5.91 Å². The first-order valence-electron chi connectivity index (χ1n) is 6.90. The third-order valence-corrected chi connectivity index (χ3v) is 3.48. The topological polar surface area (TPSA) is 41.6 Å². The summed E-state index contributed by atoms with van der Waals surface area (Å²) in [7, 11) is 1.71. The van der Waals surface area contributed by atoms with Gasteiger partial charge < -0.3 is 15.0 Å². The molecule has 1 N–H and O–H groups in total. The lowest BCUT2D eigenvalue weighted by Gasteiger charge is -2.19. The van der Waals surface area contributed by atoms with Gasteiger partial charge in [0.25, 0.3) is 0 Å². The average molecular weight is 262 g/mol. The summed E-state index contributed by atoms with van der Waals surface area (Å²) in [5.41, 5.74) is 2.06. The first kappa shape index (κ1) is 13.9. The fourth-order valence-corrected chi connectivity index (χ4v) is 2.36. The van der Waals surface area contributed by atoms with E-state index in [1.165, 1.54) is 0 Å². The van der Waals surface area contributed by atoms with E-state index >= 15 is 0 Å². The van der Waals surface area contributed by atoms with Gasteiger partial charge in [0, 0.05) is 37.5 Å². The van der Waals surface area contributed by atoms with E-state index in [9.17, 15) is 4.79 Å². The van der Waals surface area contributed by atoms with Gasteiger partial charge in [0.15, 0.2) is 0 Å². The van der Waals surface area contributed by atoms with Crippen LogP contribution in [0.3, 0.4) is 0 Å². The summed E-state index contributed by atoms with van der Waals surface area (Å²) in [6.45, 7) is 3.67. The van der Waals surface area contributed by atoms with E-state index in [1.54, 1.807) is 7.11 Å². The van der Waals surface area contributed by atoms with Crippen LogP contribution in [0.25, 0.3) is 0 Å². The SMILES string of the molecule is CCC(COC)Nc1ccc(N2CCCC2=O)cc1. The Hall–Kier alpha value is -1.55. The van der Waals surface area contributed by atoms with E-state index in [1.807, 2.05) is 29.2 Å². The summed E-state index contributed by atoms with van der Waals surface area (Å²) >= 11 is 0. The number of anilines is 2. The molecule has 1 aliphatic heterocycles. The zero-order chi connectivity index (χ0) is 13.7. The van der Waals surface area contributed by atoms with Crippen LogP contribution in [0.2, 0.25) is 0 Å². The van der Waals surface area contributed by atoms with E-state index in [2.05, 4.69) is 12.2 Å². The molecule has 2 rings (SSSR count). The number of methoxy groups -OCH3 is 1. The molecule has 1 aromatic rings. The molecule has 0 radical (unpaired) electrons. The maximum absolute atomic E-state index is 11.7. The van der Waals surface area contributed by atoms with Crippen LogP contribution in [0, 0.1) is 0 Å². The number of rotatable bonds is 6. The lowest BCUT2D eigenvalue weighted by atomic mass is 10.2. The van der Waals surface area contributed by atoms with Gasteiger partial charge in [-0.15, -0.1) is 0 Å². The zero-order valence-corrected chi connectivity index (χ0v) is 11.7. The number of ether oxygens (including phenoxy) is 1. The van der Waals surface area contributed by atoms with Gasteiger partial charge in [-0.1, -0.05) is 6.92 Å². The first-order valence-corrected chi connectivity index (χ1v) is 6.90. The number of amides is 1. The number of nitrogens with zero attached hydrogens (tertiary/aromatic N) is 1. The third kappa shape index (κ3) is 3.47. The number of hydrogen-bond donors (Lipinski definition) is 1. The minimum Gasteiger partial charge on any atom is -0.383 e. The molecule has 0 spiro atoms. The monoisotopic (exact) mass is 262 g/mol. The molecule has 0 aromatic heterocycles. The van der Waals surface area contributed by atoms with Gasteiger partial charge in [0.1, 0.15) is 0 Å². The van der Waals surface area contributed by atoms with Gasteiger partial charge >= 0.3 is 0 Å². The molecule has 0 bridgehead atoms. The highest BCUT2D eigenvalue weighted by Crippen LogP contribution is 2.23. The predicted octanol–water partition coefficient (Wildman–Crippen LogP) is 2.65. The average Bonchev–Trinajstić information content (AvgIpc) is 2.85. The standard InChI is InChI=1S/C15H22N2O2/c1-3-12(11-19-2)16-13-6-8-14(9-7-13)17-10-4-5-15(17)18/h6-9,12,16H,3-5,10-11H2,1-2H3. The largest absolute Gasteiger partial charge is 0.383 e. The molecule has 19 heavy (non-hydrogen) atoms. The molecule has 4 nitrogen and oxygen atoms in total. The number of carbonyl (C=O) groups excluding carboxylic acids is 1. The Morgan fingerprint density at radius 3 is 2.63 bits per heavy atom. The van der Waals surface area contributed by atoms with Crippen molar-refractivity contribution in [1.82, 2.24) is 0 Å². The lowest BCUT2D eigenvalue weighted by molar-refractivity contribution is -0.117. The van der Waals surface area contributed by atoms with Crippen LogP contribution < -0.4 is 10.2 Å². The molecule has 0 saturated carbocycles. The highest BCUT2D eigenvalue weighted by molar-refractivity contribution is 5.95. The molecule has 104 valence electrons. The van der Waals surface area contributed by atoms with E-state index in [-0.39, 0.29) is 5.91 Å². The molecule has 1 saturated heterocycles. The van der Waals surface area contributed by atoms with Crippen molar-refractivity contribution in [3.63, 3.8) is 0 Å². The van der Waals surface area contributed by atoms with Crippen LogP contribution in [0.4, 0.5) is 11.4 Å². The van der Waals surface area contributed by atoms with Crippen LogP contribution in [-0.2, 0) is 9.53 Å².